The first-order chi connectivity index (χ1) is 6.17. The lowest BCUT2D eigenvalue weighted by atomic mass is 9.79. The van der Waals surface area contributed by atoms with Gasteiger partial charge in [0.2, 0.25) is 0 Å². The molecule has 2 N–H and O–H groups in total. The Labute approximate surface area is 78.2 Å². The number of aromatic amines is 1. The summed E-state index contributed by atoms with van der Waals surface area (Å²) in [6.07, 6.45) is 7.62. The van der Waals surface area contributed by atoms with Crippen LogP contribution in [0.1, 0.15) is 44.3 Å². The van der Waals surface area contributed by atoms with Crippen LogP contribution >= 0.6 is 0 Å². The quantitative estimate of drug-likeness (QED) is 0.692. The molecule has 0 saturated heterocycles. The van der Waals surface area contributed by atoms with Crippen molar-refractivity contribution >= 4 is 0 Å². The minimum absolute atomic E-state index is 0.416. The fraction of sp³-hybridized carbons (Fsp3) is 0.700. The Hall–Kier alpha value is -0.830. The fourth-order valence-corrected chi connectivity index (χ4v) is 2.20. The van der Waals surface area contributed by atoms with E-state index in [1.165, 1.54) is 0 Å². The predicted octanol–water partition coefficient (Wildman–Crippen LogP) is 1.82. The largest absolute Gasteiger partial charge is 0.390 e. The van der Waals surface area contributed by atoms with Gasteiger partial charge in [0.15, 0.2) is 0 Å². The van der Waals surface area contributed by atoms with E-state index in [2.05, 4.69) is 9.97 Å². The lowest BCUT2D eigenvalue weighted by molar-refractivity contribution is 0.0134. The molecule has 1 aromatic rings. The highest BCUT2D eigenvalue weighted by Gasteiger charge is 2.31. The van der Waals surface area contributed by atoms with Crippen LogP contribution in [-0.2, 0) is 0 Å². The summed E-state index contributed by atoms with van der Waals surface area (Å²) in [5.41, 5.74) is -0.490. The third kappa shape index (κ3) is 1.91. The summed E-state index contributed by atoms with van der Waals surface area (Å²) in [7, 11) is 0. The number of nitrogens with zero attached hydrogens (tertiary/aromatic N) is 1. The maximum Gasteiger partial charge on any atom is 0.109 e. The topological polar surface area (TPSA) is 48.9 Å². The Morgan fingerprint density at radius 2 is 2.54 bits per heavy atom. The molecule has 2 atom stereocenters. The van der Waals surface area contributed by atoms with Crippen LogP contribution in [0.5, 0.6) is 0 Å². The Morgan fingerprint density at radius 3 is 3.15 bits per heavy atom. The average molecular weight is 180 g/mol. The van der Waals surface area contributed by atoms with E-state index in [4.69, 9.17) is 0 Å². The van der Waals surface area contributed by atoms with Gasteiger partial charge >= 0.3 is 0 Å². The number of nitrogens with one attached hydrogen (secondary N) is 1. The standard InChI is InChI=1S/C10H16N2O/c1-10(13)4-2-3-8(7-10)9-11-5-6-12-9/h5-6,8,13H,2-4,7H2,1H3,(H,11,12). The van der Waals surface area contributed by atoms with Crippen LogP contribution in [0.2, 0.25) is 0 Å². The van der Waals surface area contributed by atoms with Crippen molar-refractivity contribution in [3.05, 3.63) is 18.2 Å². The van der Waals surface area contributed by atoms with Crippen molar-refractivity contribution in [2.45, 2.75) is 44.1 Å². The van der Waals surface area contributed by atoms with Gasteiger partial charge in [0, 0.05) is 18.3 Å². The second-order valence-electron chi connectivity index (χ2n) is 4.26. The van der Waals surface area contributed by atoms with Gasteiger partial charge in [0.05, 0.1) is 5.60 Å². The number of hydrogen-bond acceptors (Lipinski definition) is 2. The third-order valence-corrected chi connectivity index (χ3v) is 2.86. The van der Waals surface area contributed by atoms with Gasteiger partial charge in [-0.25, -0.2) is 4.98 Å². The summed E-state index contributed by atoms with van der Waals surface area (Å²) in [6.45, 7) is 1.92. The third-order valence-electron chi connectivity index (χ3n) is 2.86. The van der Waals surface area contributed by atoms with Crippen LogP contribution in [0.4, 0.5) is 0 Å². The number of hydrogen-bond donors (Lipinski definition) is 2. The summed E-state index contributed by atoms with van der Waals surface area (Å²) >= 11 is 0. The molecule has 3 heteroatoms. The number of aromatic nitrogens is 2. The molecule has 1 aliphatic rings. The van der Waals surface area contributed by atoms with Gasteiger partial charge in [-0.3, -0.25) is 0 Å². The van der Waals surface area contributed by atoms with Gasteiger partial charge in [0.25, 0.3) is 0 Å². The van der Waals surface area contributed by atoms with Crippen molar-refractivity contribution in [2.24, 2.45) is 0 Å². The molecule has 72 valence electrons. The average Bonchev–Trinajstić information content (AvgIpc) is 2.53. The zero-order valence-corrected chi connectivity index (χ0v) is 7.95. The maximum atomic E-state index is 9.90. The summed E-state index contributed by atoms with van der Waals surface area (Å²) in [5, 5.41) is 9.90. The first kappa shape index (κ1) is 8.75. The van der Waals surface area contributed by atoms with Crippen LogP contribution in [0.3, 0.4) is 0 Å². The molecule has 3 nitrogen and oxygen atoms in total. The van der Waals surface area contributed by atoms with Crippen LogP contribution in [0, 0.1) is 0 Å². The van der Waals surface area contributed by atoms with E-state index < -0.39 is 5.60 Å². The lowest BCUT2D eigenvalue weighted by Gasteiger charge is -2.32. The molecule has 0 amide bonds. The lowest BCUT2D eigenvalue weighted by Crippen LogP contribution is -2.31. The molecule has 0 radical (unpaired) electrons. The van der Waals surface area contributed by atoms with Crippen LogP contribution in [0.25, 0.3) is 0 Å². The number of H-pyrrole nitrogens is 1. The summed E-state index contributed by atoms with van der Waals surface area (Å²) in [4.78, 5) is 7.36. The molecule has 1 saturated carbocycles. The molecule has 0 aliphatic heterocycles. The highest BCUT2D eigenvalue weighted by molar-refractivity contribution is 5.01. The van der Waals surface area contributed by atoms with E-state index in [1.807, 2.05) is 13.1 Å². The molecule has 2 unspecified atom stereocenters. The van der Waals surface area contributed by atoms with Gasteiger partial charge in [-0.05, 0) is 32.6 Å². The summed E-state index contributed by atoms with van der Waals surface area (Å²) in [6, 6.07) is 0. The van der Waals surface area contributed by atoms with E-state index >= 15 is 0 Å². The van der Waals surface area contributed by atoms with E-state index in [9.17, 15) is 5.11 Å². The Balaban J connectivity index is 2.09. The highest BCUT2D eigenvalue weighted by Crippen LogP contribution is 2.36. The van der Waals surface area contributed by atoms with Crippen molar-refractivity contribution in [3.8, 4) is 0 Å². The molecular formula is C10H16N2O. The zero-order chi connectivity index (χ0) is 9.31. The second kappa shape index (κ2) is 3.14. The molecule has 1 aromatic heterocycles. The van der Waals surface area contributed by atoms with Gasteiger partial charge < -0.3 is 10.1 Å². The minimum Gasteiger partial charge on any atom is -0.390 e. The molecule has 1 fully saturated rings. The number of aliphatic hydroxyl groups is 1. The smallest absolute Gasteiger partial charge is 0.109 e. The van der Waals surface area contributed by atoms with E-state index in [1.54, 1.807) is 6.20 Å². The van der Waals surface area contributed by atoms with Crippen LogP contribution in [-0.4, -0.2) is 20.7 Å². The molecule has 0 spiro atoms. The first-order valence-corrected chi connectivity index (χ1v) is 4.89. The van der Waals surface area contributed by atoms with E-state index in [-0.39, 0.29) is 0 Å². The van der Waals surface area contributed by atoms with Crippen molar-refractivity contribution in [1.82, 2.24) is 9.97 Å². The molecular weight excluding hydrogens is 164 g/mol. The molecule has 0 bridgehead atoms. The van der Waals surface area contributed by atoms with Gasteiger partial charge in [-0.1, -0.05) is 0 Å². The van der Waals surface area contributed by atoms with Crippen molar-refractivity contribution < 1.29 is 5.11 Å². The molecule has 2 rings (SSSR count). The van der Waals surface area contributed by atoms with Crippen molar-refractivity contribution in [1.29, 1.82) is 0 Å². The Kier molecular flexibility index (Phi) is 2.12. The predicted molar refractivity (Wildman–Crippen MR) is 50.4 cm³/mol. The normalized spacial score (nSPS) is 34.8. The fourth-order valence-electron chi connectivity index (χ4n) is 2.20. The molecule has 1 aliphatic carbocycles. The highest BCUT2D eigenvalue weighted by atomic mass is 16.3. The van der Waals surface area contributed by atoms with Crippen molar-refractivity contribution in [2.75, 3.05) is 0 Å². The maximum absolute atomic E-state index is 9.90. The van der Waals surface area contributed by atoms with Gasteiger partial charge in [-0.2, -0.15) is 0 Å². The molecule has 0 aromatic carbocycles. The van der Waals surface area contributed by atoms with Crippen molar-refractivity contribution in [3.63, 3.8) is 0 Å². The second-order valence-corrected chi connectivity index (χ2v) is 4.26. The van der Waals surface area contributed by atoms with Gasteiger partial charge in [0.1, 0.15) is 5.82 Å². The summed E-state index contributed by atoms with van der Waals surface area (Å²) in [5.74, 6) is 1.44. The Morgan fingerprint density at radius 1 is 1.69 bits per heavy atom. The monoisotopic (exact) mass is 180 g/mol. The van der Waals surface area contributed by atoms with E-state index in [0.717, 1.165) is 31.5 Å². The first-order valence-electron chi connectivity index (χ1n) is 4.89. The van der Waals surface area contributed by atoms with Gasteiger partial charge in [-0.15, -0.1) is 0 Å². The van der Waals surface area contributed by atoms with E-state index in [0.29, 0.717) is 5.92 Å². The number of rotatable bonds is 1. The Bertz CT molecular complexity index is 266. The SMILES string of the molecule is CC1(O)CCCC(c2ncc[nH]2)C1. The number of imidazole rings is 1. The van der Waals surface area contributed by atoms with Crippen LogP contribution < -0.4 is 0 Å². The zero-order valence-electron chi connectivity index (χ0n) is 7.95. The minimum atomic E-state index is -0.490. The molecule has 13 heavy (non-hydrogen) atoms. The summed E-state index contributed by atoms with van der Waals surface area (Å²) < 4.78 is 0. The molecule has 1 heterocycles. The van der Waals surface area contributed by atoms with Crippen LogP contribution in [0.15, 0.2) is 12.4 Å².